The fraction of sp³-hybridized carbons (Fsp3) is 0.921. The summed E-state index contributed by atoms with van der Waals surface area (Å²) >= 11 is 0. The lowest BCUT2D eigenvalue weighted by Crippen LogP contribution is -2.45. The molecule has 0 radical (unpaired) electrons. The lowest BCUT2D eigenvalue weighted by Gasteiger charge is -2.22. The Morgan fingerprint density at radius 2 is 0.573 bits per heavy atom. The van der Waals surface area contributed by atoms with Gasteiger partial charge in [0.15, 0.2) is 0 Å². The molecule has 0 rings (SSSR count). The van der Waals surface area contributed by atoms with E-state index in [2.05, 4.69) is 43.5 Å². The van der Waals surface area contributed by atoms with Crippen LogP contribution in [0.15, 0.2) is 24.3 Å². The van der Waals surface area contributed by atoms with E-state index >= 15 is 0 Å². The van der Waals surface area contributed by atoms with Gasteiger partial charge in [0.2, 0.25) is 5.91 Å². The molecule has 0 aromatic heterocycles. The quantitative estimate of drug-likeness (QED) is 0.0320. The highest BCUT2D eigenvalue weighted by molar-refractivity contribution is 5.76. The predicted octanol–water partition coefficient (Wildman–Crippen LogP) is 24.5. The number of rotatable bonds is 71. The van der Waals surface area contributed by atoms with Crippen LogP contribution in [0, 0.1) is 0 Å². The van der Waals surface area contributed by atoms with E-state index in [9.17, 15) is 19.8 Å². The molecule has 0 aromatic carbocycles. The van der Waals surface area contributed by atoms with E-state index in [0.29, 0.717) is 25.9 Å². The van der Waals surface area contributed by atoms with Crippen molar-refractivity contribution in [2.45, 2.75) is 437 Å². The van der Waals surface area contributed by atoms with Gasteiger partial charge in [-0.1, -0.05) is 359 Å². The summed E-state index contributed by atoms with van der Waals surface area (Å²) in [7, 11) is 0. The molecule has 486 valence electrons. The van der Waals surface area contributed by atoms with Crippen LogP contribution in [0.25, 0.3) is 0 Å². The van der Waals surface area contributed by atoms with Crippen molar-refractivity contribution >= 4 is 11.9 Å². The fourth-order valence-corrected chi connectivity index (χ4v) is 12.0. The smallest absolute Gasteiger partial charge is 0.305 e. The number of aliphatic hydroxyl groups excluding tert-OH is 2. The van der Waals surface area contributed by atoms with Crippen LogP contribution in [0.2, 0.25) is 0 Å². The minimum atomic E-state index is -0.658. The SMILES string of the molecule is CCCCCCCC/C=C\CCCCCCCCCC(=O)OCCCCCCCCCCCCCCCCCCCC/C=C\CCCCCCCCCCCCCCCCCCCC(=O)NC(CO)C(O)CCCCCCCCCCC. The Labute approximate surface area is 513 Å². The van der Waals surface area contributed by atoms with E-state index in [1.54, 1.807) is 0 Å². The molecular formula is C76H147NO5. The van der Waals surface area contributed by atoms with Crippen LogP contribution in [-0.2, 0) is 14.3 Å². The van der Waals surface area contributed by atoms with Gasteiger partial charge in [0, 0.05) is 12.8 Å². The topological polar surface area (TPSA) is 95.9 Å². The predicted molar refractivity (Wildman–Crippen MR) is 361 cm³/mol. The first-order chi connectivity index (χ1) is 40.5. The molecule has 1 amide bonds. The highest BCUT2D eigenvalue weighted by Gasteiger charge is 2.20. The summed E-state index contributed by atoms with van der Waals surface area (Å²) in [4.78, 5) is 24.5. The maximum absolute atomic E-state index is 12.4. The zero-order chi connectivity index (χ0) is 59.2. The zero-order valence-corrected chi connectivity index (χ0v) is 55.8. The molecule has 0 saturated heterocycles. The summed E-state index contributed by atoms with van der Waals surface area (Å²) < 4.78 is 5.51. The number of amides is 1. The van der Waals surface area contributed by atoms with Gasteiger partial charge in [-0.15, -0.1) is 0 Å². The van der Waals surface area contributed by atoms with Crippen molar-refractivity contribution in [1.29, 1.82) is 0 Å². The van der Waals surface area contributed by atoms with E-state index < -0.39 is 12.1 Å². The lowest BCUT2D eigenvalue weighted by atomic mass is 10.0. The second kappa shape index (κ2) is 71.8. The second-order valence-corrected chi connectivity index (χ2v) is 26.0. The van der Waals surface area contributed by atoms with Crippen LogP contribution < -0.4 is 5.32 Å². The van der Waals surface area contributed by atoms with Crippen molar-refractivity contribution in [3.05, 3.63) is 24.3 Å². The number of nitrogens with one attached hydrogen (secondary N) is 1. The van der Waals surface area contributed by atoms with Gasteiger partial charge in [-0.3, -0.25) is 9.59 Å². The van der Waals surface area contributed by atoms with E-state index in [0.717, 1.165) is 38.5 Å². The summed E-state index contributed by atoms with van der Waals surface area (Å²) in [6.07, 6.45) is 91.4. The molecule has 6 nitrogen and oxygen atoms in total. The Kier molecular flexibility index (Phi) is 70.4. The first-order valence-corrected chi connectivity index (χ1v) is 37.6. The Hall–Kier alpha value is -1.66. The summed E-state index contributed by atoms with van der Waals surface area (Å²) in [6.45, 7) is 4.96. The average molecular weight is 1160 g/mol. The van der Waals surface area contributed by atoms with E-state index in [1.807, 2.05) is 0 Å². The number of hydrogen-bond donors (Lipinski definition) is 3. The maximum atomic E-state index is 12.4. The van der Waals surface area contributed by atoms with Crippen molar-refractivity contribution in [1.82, 2.24) is 5.32 Å². The van der Waals surface area contributed by atoms with Gasteiger partial charge in [0.1, 0.15) is 0 Å². The molecule has 0 fully saturated rings. The van der Waals surface area contributed by atoms with Crippen LogP contribution in [0.3, 0.4) is 0 Å². The highest BCUT2D eigenvalue weighted by Crippen LogP contribution is 2.19. The lowest BCUT2D eigenvalue weighted by molar-refractivity contribution is -0.143. The first-order valence-electron chi connectivity index (χ1n) is 37.6. The molecule has 6 heteroatoms. The van der Waals surface area contributed by atoms with Crippen molar-refractivity contribution in [2.75, 3.05) is 13.2 Å². The molecule has 0 aliphatic rings. The Morgan fingerprint density at radius 1 is 0.329 bits per heavy atom. The Balaban J connectivity index is 3.28. The average Bonchev–Trinajstić information content (AvgIpc) is 3.48. The van der Waals surface area contributed by atoms with Crippen LogP contribution in [0.4, 0.5) is 0 Å². The van der Waals surface area contributed by atoms with Gasteiger partial charge in [-0.05, 0) is 77.0 Å². The number of hydrogen-bond acceptors (Lipinski definition) is 5. The molecule has 0 aromatic rings. The van der Waals surface area contributed by atoms with Crippen molar-refractivity contribution in [3.8, 4) is 0 Å². The van der Waals surface area contributed by atoms with Crippen molar-refractivity contribution in [3.63, 3.8) is 0 Å². The summed E-state index contributed by atoms with van der Waals surface area (Å²) in [5.74, 6) is -0.0113. The van der Waals surface area contributed by atoms with E-state index in [1.165, 1.54) is 353 Å². The van der Waals surface area contributed by atoms with Gasteiger partial charge < -0.3 is 20.3 Å². The molecule has 0 bridgehead atoms. The summed E-state index contributed by atoms with van der Waals surface area (Å²) in [5.41, 5.74) is 0. The van der Waals surface area contributed by atoms with Gasteiger partial charge in [0.25, 0.3) is 0 Å². The number of allylic oxidation sites excluding steroid dienone is 4. The highest BCUT2D eigenvalue weighted by atomic mass is 16.5. The van der Waals surface area contributed by atoms with Gasteiger partial charge >= 0.3 is 5.97 Å². The monoisotopic (exact) mass is 1150 g/mol. The number of aliphatic hydroxyl groups is 2. The molecule has 2 atom stereocenters. The Morgan fingerprint density at radius 3 is 0.866 bits per heavy atom. The van der Waals surface area contributed by atoms with Crippen LogP contribution in [0.1, 0.15) is 425 Å². The number of esters is 1. The third kappa shape index (κ3) is 67.5. The maximum Gasteiger partial charge on any atom is 0.305 e. The molecular weight excluding hydrogens is 1010 g/mol. The van der Waals surface area contributed by atoms with Crippen LogP contribution in [-0.4, -0.2) is 47.4 Å². The number of unbranched alkanes of at least 4 members (excludes halogenated alkanes) is 56. The normalized spacial score (nSPS) is 12.6. The fourth-order valence-electron chi connectivity index (χ4n) is 12.0. The molecule has 2 unspecified atom stereocenters. The van der Waals surface area contributed by atoms with Gasteiger partial charge in [-0.2, -0.15) is 0 Å². The van der Waals surface area contributed by atoms with Crippen molar-refractivity contribution < 1.29 is 24.5 Å². The van der Waals surface area contributed by atoms with Crippen LogP contribution in [0.5, 0.6) is 0 Å². The Bertz CT molecular complexity index is 1280. The van der Waals surface area contributed by atoms with Crippen LogP contribution >= 0.6 is 0 Å². The first kappa shape index (κ1) is 80.3. The zero-order valence-electron chi connectivity index (χ0n) is 55.8. The molecule has 0 aliphatic heterocycles. The number of ether oxygens (including phenoxy) is 1. The molecule has 0 saturated carbocycles. The third-order valence-electron chi connectivity index (χ3n) is 17.7. The van der Waals surface area contributed by atoms with Gasteiger partial charge in [-0.25, -0.2) is 0 Å². The summed E-state index contributed by atoms with van der Waals surface area (Å²) in [5, 5.41) is 23.2. The largest absolute Gasteiger partial charge is 0.466 e. The summed E-state index contributed by atoms with van der Waals surface area (Å²) in [6, 6.07) is -0.535. The standard InChI is InChI=1S/C76H147NO5/c1-3-5-7-9-11-13-14-15-16-40-44-47-50-54-58-62-66-70-76(81)82-71-67-63-59-55-51-48-45-42-39-37-35-33-31-29-27-25-23-21-19-17-18-20-22-24-26-28-30-32-34-36-38-41-43-46-49-53-57-61-65-69-75(80)77-73(72-78)74(79)68-64-60-56-52-12-10-8-6-4-2/h15-18,73-74,78-79H,3-14,19-72H2,1-2H3,(H,77,80)/b16-15-,18-17-. The number of carbonyl (C=O) groups excluding carboxylic acids is 2. The molecule has 0 spiro atoms. The van der Waals surface area contributed by atoms with Gasteiger partial charge in [0.05, 0.1) is 25.4 Å². The molecule has 3 N–H and O–H groups in total. The minimum absolute atomic E-state index is 0.0198. The third-order valence-corrected chi connectivity index (χ3v) is 17.7. The minimum Gasteiger partial charge on any atom is -0.466 e. The molecule has 82 heavy (non-hydrogen) atoms. The second-order valence-electron chi connectivity index (χ2n) is 26.0. The molecule has 0 heterocycles. The number of carbonyl (C=O) groups is 2. The van der Waals surface area contributed by atoms with E-state index in [-0.39, 0.29) is 18.5 Å². The van der Waals surface area contributed by atoms with Crippen molar-refractivity contribution in [2.24, 2.45) is 0 Å². The van der Waals surface area contributed by atoms with E-state index in [4.69, 9.17) is 4.74 Å². The molecule has 0 aliphatic carbocycles.